The van der Waals surface area contributed by atoms with E-state index in [1.807, 2.05) is 0 Å². The third-order valence-corrected chi connectivity index (χ3v) is 10.3. The van der Waals surface area contributed by atoms with Crippen molar-refractivity contribution in [3.63, 3.8) is 0 Å². The van der Waals surface area contributed by atoms with Crippen molar-refractivity contribution in [2.24, 2.45) is 71.0 Å². The summed E-state index contributed by atoms with van der Waals surface area (Å²) in [4.78, 5) is 0. The summed E-state index contributed by atoms with van der Waals surface area (Å²) in [7, 11) is 0. The highest BCUT2D eigenvalue weighted by Crippen LogP contribution is 2.81. The van der Waals surface area contributed by atoms with E-state index in [1.165, 1.54) is 71.0 Å². The van der Waals surface area contributed by atoms with Crippen LogP contribution in [0.2, 0.25) is 0 Å². The zero-order chi connectivity index (χ0) is 12.6. The van der Waals surface area contributed by atoms with Gasteiger partial charge in [0.2, 0.25) is 0 Å². The molecule has 7 saturated carbocycles. The first kappa shape index (κ1) is 10.7. The molecule has 0 amide bonds. The van der Waals surface area contributed by atoms with Gasteiger partial charge in [0.05, 0.1) is 0 Å². The molecule has 0 heteroatoms. The molecule has 0 heterocycles. The molecule has 7 aliphatic carbocycles. The maximum absolute atomic E-state index is 1.70. The average molecular weight is 268 g/mol. The van der Waals surface area contributed by atoms with Crippen LogP contribution in [0.25, 0.3) is 0 Å². The quantitative estimate of drug-likeness (QED) is 0.563. The van der Waals surface area contributed by atoms with Crippen LogP contribution in [0.1, 0.15) is 51.4 Å². The van der Waals surface area contributed by atoms with Gasteiger partial charge in [0.1, 0.15) is 0 Å². The van der Waals surface area contributed by atoms with Crippen LogP contribution in [0.15, 0.2) is 0 Å². The molecule has 0 radical (unpaired) electrons. The molecular formula is C20H28. The monoisotopic (exact) mass is 268 g/mol. The summed E-state index contributed by atoms with van der Waals surface area (Å²) < 4.78 is 0. The zero-order valence-corrected chi connectivity index (χ0v) is 12.6. The maximum Gasteiger partial charge on any atom is -0.0315 e. The Morgan fingerprint density at radius 1 is 0.350 bits per heavy atom. The lowest BCUT2D eigenvalue weighted by Gasteiger charge is -2.61. The first-order valence-electron chi connectivity index (χ1n) is 9.93. The molecule has 0 aromatic heterocycles. The number of hydrogen-bond donors (Lipinski definition) is 0. The molecule has 7 aliphatic rings. The van der Waals surface area contributed by atoms with E-state index in [2.05, 4.69) is 0 Å². The molecule has 108 valence electrons. The fraction of sp³-hybridized carbons (Fsp3) is 1.00. The van der Waals surface area contributed by atoms with Gasteiger partial charge < -0.3 is 0 Å². The molecule has 4 bridgehead atoms. The third kappa shape index (κ3) is 0.901. The van der Waals surface area contributed by atoms with Crippen molar-refractivity contribution in [1.29, 1.82) is 0 Å². The van der Waals surface area contributed by atoms with Gasteiger partial charge in [0, 0.05) is 0 Å². The second-order valence-electron chi connectivity index (χ2n) is 9.95. The van der Waals surface area contributed by atoms with E-state index < -0.39 is 0 Å². The lowest BCUT2D eigenvalue weighted by Crippen LogP contribution is -2.57. The molecule has 8 unspecified atom stereocenters. The van der Waals surface area contributed by atoms with Crippen molar-refractivity contribution in [2.75, 3.05) is 0 Å². The minimum absolute atomic E-state index is 1.22. The molecule has 0 saturated heterocycles. The lowest BCUT2D eigenvalue weighted by atomic mass is 9.44. The van der Waals surface area contributed by atoms with Gasteiger partial charge in [-0.05, 0) is 110 Å². The smallest absolute Gasteiger partial charge is 0.0315 e. The molecule has 0 N–H and O–H groups in total. The van der Waals surface area contributed by atoms with Gasteiger partial charge in [-0.1, -0.05) is 12.8 Å². The first-order chi connectivity index (χ1) is 9.93. The van der Waals surface area contributed by atoms with E-state index in [-0.39, 0.29) is 0 Å². The Morgan fingerprint density at radius 3 is 0.950 bits per heavy atom. The summed E-state index contributed by atoms with van der Waals surface area (Å²) in [5.41, 5.74) is 0. The minimum Gasteiger partial charge on any atom is -0.0527 e. The molecule has 8 atom stereocenters. The Morgan fingerprint density at radius 2 is 0.650 bits per heavy atom. The topological polar surface area (TPSA) is 0 Å². The van der Waals surface area contributed by atoms with Crippen LogP contribution in [-0.2, 0) is 0 Å². The summed E-state index contributed by atoms with van der Waals surface area (Å²) in [6, 6.07) is 0. The van der Waals surface area contributed by atoms with Crippen molar-refractivity contribution >= 4 is 0 Å². The fourth-order valence-electron chi connectivity index (χ4n) is 10.4. The highest BCUT2D eigenvalue weighted by atomic mass is 14.8. The Bertz CT molecular complexity index is 388. The highest BCUT2D eigenvalue weighted by Gasteiger charge is 2.76. The summed E-state index contributed by atoms with van der Waals surface area (Å²) in [6.07, 6.45) is 13.1. The van der Waals surface area contributed by atoms with E-state index in [0.717, 1.165) is 0 Å². The molecule has 7 fully saturated rings. The molecule has 7 rings (SSSR count). The molecule has 20 heavy (non-hydrogen) atoms. The van der Waals surface area contributed by atoms with Gasteiger partial charge in [-0.15, -0.1) is 0 Å². The third-order valence-electron chi connectivity index (χ3n) is 10.3. The standard InChI is InChI=1S/C20H28/c1-3-9-10(4-1)14-7-13(9)17-18(14)20-16-8-15(19(17)20)11-5-2-6-12(11)16/h9-20H,1-8H2. The van der Waals surface area contributed by atoms with Crippen LogP contribution in [-0.4, -0.2) is 0 Å². The van der Waals surface area contributed by atoms with Crippen LogP contribution >= 0.6 is 0 Å². The van der Waals surface area contributed by atoms with E-state index in [9.17, 15) is 0 Å². The summed E-state index contributed by atoms with van der Waals surface area (Å²) in [6.45, 7) is 0. The van der Waals surface area contributed by atoms with Gasteiger partial charge >= 0.3 is 0 Å². The van der Waals surface area contributed by atoms with E-state index >= 15 is 0 Å². The summed E-state index contributed by atoms with van der Waals surface area (Å²) in [5, 5.41) is 0. The van der Waals surface area contributed by atoms with Gasteiger partial charge in [-0.2, -0.15) is 0 Å². The van der Waals surface area contributed by atoms with Gasteiger partial charge in [-0.25, -0.2) is 0 Å². The maximum atomic E-state index is 1.70. The Hall–Kier alpha value is 0. The average Bonchev–Trinajstić information content (AvgIpc) is 3.17. The van der Waals surface area contributed by atoms with Crippen molar-refractivity contribution in [3.8, 4) is 0 Å². The van der Waals surface area contributed by atoms with Crippen molar-refractivity contribution in [2.45, 2.75) is 51.4 Å². The van der Waals surface area contributed by atoms with Crippen molar-refractivity contribution < 1.29 is 0 Å². The molecular weight excluding hydrogens is 240 g/mol. The van der Waals surface area contributed by atoms with Crippen LogP contribution in [0.4, 0.5) is 0 Å². The molecule has 0 aliphatic heterocycles. The summed E-state index contributed by atoms with van der Waals surface area (Å²) >= 11 is 0. The number of rotatable bonds is 0. The predicted octanol–water partition coefficient (Wildman–Crippen LogP) is 4.60. The van der Waals surface area contributed by atoms with Crippen molar-refractivity contribution in [1.82, 2.24) is 0 Å². The molecule has 0 spiro atoms. The largest absolute Gasteiger partial charge is 0.0527 e. The Balaban J connectivity index is 1.30. The Kier molecular flexibility index (Phi) is 1.70. The minimum atomic E-state index is 1.22. The second kappa shape index (κ2) is 3.18. The summed E-state index contributed by atoms with van der Waals surface area (Å²) in [5.74, 6) is 14.9. The molecule has 0 nitrogen and oxygen atoms in total. The van der Waals surface area contributed by atoms with E-state index in [1.54, 1.807) is 51.4 Å². The van der Waals surface area contributed by atoms with Crippen LogP contribution in [0.5, 0.6) is 0 Å². The van der Waals surface area contributed by atoms with Crippen LogP contribution in [0, 0.1) is 71.0 Å². The van der Waals surface area contributed by atoms with E-state index in [0.29, 0.717) is 0 Å². The highest BCUT2D eigenvalue weighted by molar-refractivity contribution is 5.23. The fourth-order valence-corrected chi connectivity index (χ4v) is 10.4. The van der Waals surface area contributed by atoms with Gasteiger partial charge in [-0.3, -0.25) is 0 Å². The second-order valence-corrected chi connectivity index (χ2v) is 9.95. The SMILES string of the molecule is C1CC2C(C1)C1CC2C2C1C1C3CC(C4CCCC43)C21. The lowest BCUT2D eigenvalue weighted by molar-refractivity contribution is -0.140. The van der Waals surface area contributed by atoms with Crippen molar-refractivity contribution in [3.05, 3.63) is 0 Å². The predicted molar refractivity (Wildman–Crippen MR) is 78.8 cm³/mol. The Labute approximate surface area is 123 Å². The van der Waals surface area contributed by atoms with Gasteiger partial charge in [0.15, 0.2) is 0 Å². The molecule has 0 aromatic rings. The van der Waals surface area contributed by atoms with Crippen LogP contribution < -0.4 is 0 Å². The van der Waals surface area contributed by atoms with Gasteiger partial charge in [0.25, 0.3) is 0 Å². The number of hydrogen-bond acceptors (Lipinski definition) is 0. The molecule has 0 aromatic carbocycles. The first-order valence-corrected chi connectivity index (χ1v) is 9.93. The van der Waals surface area contributed by atoms with E-state index in [4.69, 9.17) is 0 Å². The number of fused-ring (bicyclic) bond motifs is 18. The normalized spacial score (nSPS) is 74.4. The van der Waals surface area contributed by atoms with Crippen LogP contribution in [0.3, 0.4) is 0 Å². The zero-order valence-electron chi connectivity index (χ0n) is 12.6.